The lowest BCUT2D eigenvalue weighted by Crippen LogP contribution is -1.74. The Bertz CT molecular complexity index is 62.3. The number of hydrogen-bond donors (Lipinski definition) is 0. The van der Waals surface area contributed by atoms with Gasteiger partial charge in [0, 0.05) is 12.8 Å². The Morgan fingerprint density at radius 3 is 2.00 bits per heavy atom. The first-order chi connectivity index (χ1) is 2.97. The van der Waals surface area contributed by atoms with Crippen molar-refractivity contribution in [3.05, 3.63) is 0 Å². The van der Waals surface area contributed by atoms with Crippen LogP contribution < -0.4 is 0 Å². The summed E-state index contributed by atoms with van der Waals surface area (Å²) in [5, 5.41) is 0. The van der Waals surface area contributed by atoms with E-state index in [1.165, 1.54) is 19.3 Å². The molecule has 2 unspecified atom stereocenters. The lowest BCUT2D eigenvalue weighted by Gasteiger charge is -1.72. The minimum atomic E-state index is 0.588. The molecule has 0 bridgehead atoms. The minimum Gasteiger partial charge on any atom is -0.187 e. The molecule has 34 valence electrons. The van der Waals surface area contributed by atoms with Gasteiger partial charge in [-0.25, -0.2) is 0 Å². The van der Waals surface area contributed by atoms with Gasteiger partial charge in [-0.05, 0) is 6.42 Å². The molecule has 1 aliphatic heterocycles. The van der Waals surface area contributed by atoms with Crippen LogP contribution in [0.15, 0.2) is 0 Å². The second kappa shape index (κ2) is 0.772. The Morgan fingerprint density at radius 2 is 1.83 bits per heavy atom. The molecule has 0 N–H and O–H groups in total. The topological polar surface area (TPSA) is 0 Å². The lowest BCUT2D eigenvalue weighted by atomic mass is 10.4. The van der Waals surface area contributed by atoms with Gasteiger partial charge in [-0.3, -0.25) is 0 Å². The third-order valence-electron chi connectivity index (χ3n) is 1.61. The molecule has 6 heavy (non-hydrogen) atoms. The molecule has 0 amide bonds. The van der Waals surface area contributed by atoms with E-state index in [0.717, 1.165) is 0 Å². The molecule has 0 aromatic carbocycles. The van der Waals surface area contributed by atoms with Crippen molar-refractivity contribution >= 4 is 0 Å². The highest BCUT2D eigenvalue weighted by molar-refractivity contribution is 4.83. The highest BCUT2D eigenvalue weighted by atomic mass is 19.3. The van der Waals surface area contributed by atoms with Crippen LogP contribution in [-0.4, -0.2) is 12.3 Å². The molecule has 0 aromatic rings. The zero-order valence-electron chi connectivity index (χ0n) is 3.65. The van der Waals surface area contributed by atoms with Crippen molar-refractivity contribution in [2.24, 2.45) is 0 Å². The van der Waals surface area contributed by atoms with Crippen LogP contribution in [0.3, 0.4) is 0 Å². The van der Waals surface area contributed by atoms with E-state index >= 15 is 0 Å². The van der Waals surface area contributed by atoms with E-state index in [4.69, 9.17) is 4.08 Å². The van der Waals surface area contributed by atoms with Gasteiger partial charge in [0.1, 0.15) is 0 Å². The standard InChI is InChI=1S/C5H8F/c1-2-4-5(3-1)6-4/h4-5H,1-3H2/q+1. The lowest BCUT2D eigenvalue weighted by molar-refractivity contribution is -0.522. The maximum atomic E-state index is 6.05. The first kappa shape index (κ1) is 3.00. The Kier molecular flexibility index (Phi) is 0.386. The summed E-state index contributed by atoms with van der Waals surface area (Å²) < 4.78 is 6.05. The molecule has 1 saturated carbocycles. The van der Waals surface area contributed by atoms with Gasteiger partial charge in [-0.2, -0.15) is 4.08 Å². The highest BCUT2D eigenvalue weighted by Gasteiger charge is 2.60. The second-order valence-electron chi connectivity index (χ2n) is 2.09. The fourth-order valence-electron chi connectivity index (χ4n) is 1.16. The van der Waals surface area contributed by atoms with Gasteiger partial charge in [0.25, 0.3) is 0 Å². The minimum absolute atomic E-state index is 0.588. The zero-order valence-corrected chi connectivity index (χ0v) is 3.65. The Labute approximate surface area is 36.8 Å². The molecule has 2 fully saturated rings. The van der Waals surface area contributed by atoms with Crippen LogP contribution in [0.4, 0.5) is 0 Å². The predicted octanol–water partition coefficient (Wildman–Crippen LogP) is 1.01. The molecule has 0 spiro atoms. The number of hydrogen-bond acceptors (Lipinski definition) is 0. The smallest absolute Gasteiger partial charge is 0.187 e. The highest BCUT2D eigenvalue weighted by Crippen LogP contribution is 2.38. The van der Waals surface area contributed by atoms with Crippen LogP contribution in [0.25, 0.3) is 0 Å². The summed E-state index contributed by atoms with van der Waals surface area (Å²) in [5.41, 5.74) is 0. The van der Waals surface area contributed by atoms with E-state index in [1.54, 1.807) is 0 Å². The maximum absolute atomic E-state index is 6.05. The van der Waals surface area contributed by atoms with Gasteiger partial charge < -0.3 is 0 Å². The average molecular weight is 87.1 g/mol. The molecule has 2 rings (SSSR count). The van der Waals surface area contributed by atoms with Crippen molar-refractivity contribution in [3.63, 3.8) is 0 Å². The van der Waals surface area contributed by atoms with Crippen molar-refractivity contribution in [1.82, 2.24) is 0 Å². The molecule has 0 radical (unpaired) electrons. The summed E-state index contributed by atoms with van der Waals surface area (Å²) >= 11 is 0. The van der Waals surface area contributed by atoms with Gasteiger partial charge in [0.05, 0.1) is 0 Å². The average Bonchev–Trinajstić information content (AvgIpc) is 2.17. The van der Waals surface area contributed by atoms with Gasteiger partial charge in [-0.1, -0.05) is 0 Å². The monoisotopic (exact) mass is 87.1 g/mol. The van der Waals surface area contributed by atoms with Crippen molar-refractivity contribution in [2.45, 2.75) is 31.6 Å². The Balaban J connectivity index is 2.09. The molecule has 1 heteroatoms. The van der Waals surface area contributed by atoms with Gasteiger partial charge >= 0.3 is 12.3 Å². The van der Waals surface area contributed by atoms with Crippen LogP contribution in [0, 0.1) is 4.08 Å². The Hall–Kier alpha value is -0.0700. The molecule has 1 saturated heterocycles. The molecule has 1 heterocycles. The molecule has 0 aromatic heterocycles. The zero-order chi connectivity index (χ0) is 3.98. The summed E-state index contributed by atoms with van der Waals surface area (Å²) in [4.78, 5) is 0. The Morgan fingerprint density at radius 1 is 1.17 bits per heavy atom. The third kappa shape index (κ3) is 0.237. The number of rotatable bonds is 0. The van der Waals surface area contributed by atoms with Crippen molar-refractivity contribution in [2.75, 3.05) is 0 Å². The van der Waals surface area contributed by atoms with Crippen LogP contribution in [0.2, 0.25) is 0 Å². The van der Waals surface area contributed by atoms with Gasteiger partial charge in [0.2, 0.25) is 0 Å². The van der Waals surface area contributed by atoms with E-state index in [0.29, 0.717) is 12.3 Å². The first-order valence-electron chi connectivity index (χ1n) is 2.59. The maximum Gasteiger partial charge on any atom is 0.318 e. The van der Waals surface area contributed by atoms with Crippen molar-refractivity contribution in [1.29, 1.82) is 0 Å². The fourth-order valence-corrected chi connectivity index (χ4v) is 1.16. The van der Waals surface area contributed by atoms with Gasteiger partial charge in [0.15, 0.2) is 0 Å². The quantitative estimate of drug-likeness (QED) is 0.413. The second-order valence-corrected chi connectivity index (χ2v) is 2.09. The van der Waals surface area contributed by atoms with Crippen molar-refractivity contribution in [3.8, 4) is 0 Å². The number of alkyl halides is 2. The van der Waals surface area contributed by atoms with Crippen LogP contribution in [-0.2, 0) is 0 Å². The van der Waals surface area contributed by atoms with Crippen molar-refractivity contribution < 1.29 is 4.08 Å². The summed E-state index contributed by atoms with van der Waals surface area (Å²) in [6.07, 6.45) is 5.12. The molecule has 2 atom stereocenters. The summed E-state index contributed by atoms with van der Waals surface area (Å²) in [5.74, 6) is 0. The predicted molar refractivity (Wildman–Crippen MR) is 21.4 cm³/mol. The molecule has 1 aliphatic carbocycles. The largest absolute Gasteiger partial charge is 0.318 e. The summed E-state index contributed by atoms with van der Waals surface area (Å²) in [6, 6.07) is 0. The van der Waals surface area contributed by atoms with E-state index in [2.05, 4.69) is 0 Å². The normalized spacial score (nSPS) is 52.0. The molecular weight excluding hydrogens is 79.1 g/mol. The third-order valence-corrected chi connectivity index (χ3v) is 1.61. The SMILES string of the molecule is C1CC2[F+]C2C1. The van der Waals surface area contributed by atoms with Crippen LogP contribution >= 0.6 is 0 Å². The van der Waals surface area contributed by atoms with E-state index in [1.807, 2.05) is 0 Å². The van der Waals surface area contributed by atoms with E-state index < -0.39 is 0 Å². The van der Waals surface area contributed by atoms with Crippen LogP contribution in [0.5, 0.6) is 0 Å². The molecule has 0 nitrogen and oxygen atoms in total. The van der Waals surface area contributed by atoms with Crippen LogP contribution in [0.1, 0.15) is 19.3 Å². The fraction of sp³-hybridized carbons (Fsp3) is 1.00. The first-order valence-corrected chi connectivity index (χ1v) is 2.59. The van der Waals surface area contributed by atoms with E-state index in [9.17, 15) is 0 Å². The molecular formula is C5H8F+. The van der Waals surface area contributed by atoms with Gasteiger partial charge in [-0.15, -0.1) is 0 Å². The number of halogens is 1. The summed E-state index contributed by atoms with van der Waals surface area (Å²) in [7, 11) is 0. The van der Waals surface area contributed by atoms with E-state index in [-0.39, 0.29) is 0 Å². The summed E-state index contributed by atoms with van der Waals surface area (Å²) in [6.45, 7) is 0. The number of fused-ring (bicyclic) bond motifs is 1. The molecule has 2 aliphatic rings.